The van der Waals surface area contributed by atoms with E-state index in [2.05, 4.69) is 0 Å². The van der Waals surface area contributed by atoms with Crippen LogP contribution in [0, 0.1) is 0 Å². The molecular weight excluding hydrogens is 326 g/mol. The maximum Gasteiger partial charge on any atom is 0.345 e. The van der Waals surface area contributed by atoms with Gasteiger partial charge < -0.3 is 14.7 Å². The molecule has 0 atom stereocenters. The van der Waals surface area contributed by atoms with Crippen molar-refractivity contribution < 1.29 is 19.4 Å². The third-order valence-electron chi connectivity index (χ3n) is 4.09. The SMILES string of the molecule is O=C(O)c1ccc(C(=O)N2CCC(OCc3ccccc3)CC2)s1. The number of piperidine rings is 1. The molecule has 1 aliphatic heterocycles. The van der Waals surface area contributed by atoms with Crippen molar-refractivity contribution in [1.82, 2.24) is 4.90 Å². The van der Waals surface area contributed by atoms with Gasteiger partial charge in [-0.05, 0) is 30.5 Å². The molecule has 1 aromatic heterocycles. The molecule has 0 aliphatic carbocycles. The first-order chi connectivity index (χ1) is 11.6. The Hall–Kier alpha value is -2.18. The van der Waals surface area contributed by atoms with Gasteiger partial charge in [0.05, 0.1) is 17.6 Å². The Morgan fingerprint density at radius 1 is 1.08 bits per heavy atom. The number of benzene rings is 1. The highest BCUT2D eigenvalue weighted by molar-refractivity contribution is 7.15. The van der Waals surface area contributed by atoms with Gasteiger partial charge in [-0.3, -0.25) is 4.79 Å². The van der Waals surface area contributed by atoms with Crippen LogP contribution < -0.4 is 0 Å². The number of hydrogen-bond donors (Lipinski definition) is 1. The van der Waals surface area contributed by atoms with Gasteiger partial charge in [0.15, 0.2) is 0 Å². The number of likely N-dealkylation sites (tertiary alicyclic amines) is 1. The number of thiophene rings is 1. The summed E-state index contributed by atoms with van der Waals surface area (Å²) in [7, 11) is 0. The van der Waals surface area contributed by atoms with Crippen LogP contribution in [0.3, 0.4) is 0 Å². The molecule has 1 aliphatic rings. The molecule has 2 aromatic rings. The van der Waals surface area contributed by atoms with Crippen molar-refractivity contribution in [2.24, 2.45) is 0 Å². The van der Waals surface area contributed by atoms with Crippen molar-refractivity contribution in [3.8, 4) is 0 Å². The van der Waals surface area contributed by atoms with Crippen molar-refractivity contribution >= 4 is 23.2 Å². The summed E-state index contributed by atoms with van der Waals surface area (Å²) in [4.78, 5) is 25.8. The van der Waals surface area contributed by atoms with Crippen LogP contribution >= 0.6 is 11.3 Å². The van der Waals surface area contributed by atoms with Crippen LogP contribution in [0.4, 0.5) is 0 Å². The summed E-state index contributed by atoms with van der Waals surface area (Å²) in [5.41, 5.74) is 1.15. The largest absolute Gasteiger partial charge is 0.477 e. The molecule has 0 radical (unpaired) electrons. The Labute approximate surface area is 144 Å². The summed E-state index contributed by atoms with van der Waals surface area (Å²) in [6, 6.07) is 13.1. The maximum absolute atomic E-state index is 12.4. The van der Waals surface area contributed by atoms with E-state index in [1.807, 2.05) is 30.3 Å². The van der Waals surface area contributed by atoms with Gasteiger partial charge in [0.2, 0.25) is 0 Å². The quantitative estimate of drug-likeness (QED) is 0.903. The highest BCUT2D eigenvalue weighted by Gasteiger charge is 2.25. The molecule has 24 heavy (non-hydrogen) atoms. The third kappa shape index (κ3) is 4.01. The van der Waals surface area contributed by atoms with E-state index in [1.54, 1.807) is 11.0 Å². The van der Waals surface area contributed by atoms with E-state index in [9.17, 15) is 9.59 Å². The predicted octanol–water partition coefficient (Wildman–Crippen LogP) is 3.27. The molecule has 2 heterocycles. The number of nitrogens with zero attached hydrogens (tertiary/aromatic N) is 1. The fraction of sp³-hybridized carbons (Fsp3) is 0.333. The predicted molar refractivity (Wildman–Crippen MR) is 91.4 cm³/mol. The first-order valence-corrected chi connectivity index (χ1v) is 8.73. The molecule has 6 heteroatoms. The maximum atomic E-state index is 12.4. The number of hydrogen-bond acceptors (Lipinski definition) is 4. The lowest BCUT2D eigenvalue weighted by molar-refractivity contribution is -0.000273. The molecule has 1 fully saturated rings. The fourth-order valence-corrected chi connectivity index (χ4v) is 3.55. The number of ether oxygens (including phenoxy) is 1. The van der Waals surface area contributed by atoms with Crippen molar-refractivity contribution in [2.45, 2.75) is 25.6 Å². The van der Waals surface area contributed by atoms with Gasteiger partial charge in [-0.2, -0.15) is 0 Å². The zero-order valence-electron chi connectivity index (χ0n) is 13.2. The summed E-state index contributed by atoms with van der Waals surface area (Å²) < 4.78 is 5.93. The second kappa shape index (κ2) is 7.59. The zero-order valence-corrected chi connectivity index (χ0v) is 14.0. The molecule has 1 N–H and O–H groups in total. The molecule has 0 unspecified atom stereocenters. The Morgan fingerprint density at radius 2 is 1.75 bits per heavy atom. The standard InChI is InChI=1S/C18H19NO4S/c20-17(15-6-7-16(24-15)18(21)22)19-10-8-14(9-11-19)23-12-13-4-2-1-3-5-13/h1-7,14H,8-12H2,(H,21,22). The molecule has 1 amide bonds. The minimum Gasteiger partial charge on any atom is -0.477 e. The number of carbonyl (C=O) groups excluding carboxylic acids is 1. The van der Waals surface area contributed by atoms with Crippen molar-refractivity contribution in [1.29, 1.82) is 0 Å². The number of carboxylic acids is 1. The van der Waals surface area contributed by atoms with Crippen LogP contribution in [0.15, 0.2) is 42.5 Å². The van der Waals surface area contributed by atoms with E-state index < -0.39 is 5.97 Å². The average Bonchev–Trinajstić information content (AvgIpc) is 3.11. The molecule has 1 aromatic carbocycles. The lowest BCUT2D eigenvalue weighted by atomic mass is 10.1. The minimum atomic E-state index is -0.993. The molecule has 0 spiro atoms. The third-order valence-corrected chi connectivity index (χ3v) is 5.15. The molecule has 1 saturated heterocycles. The highest BCUT2D eigenvalue weighted by atomic mass is 32.1. The Balaban J connectivity index is 1.49. The summed E-state index contributed by atoms with van der Waals surface area (Å²) in [5.74, 6) is -1.08. The number of carboxylic acid groups (broad SMARTS) is 1. The van der Waals surface area contributed by atoms with Gasteiger partial charge in [0.25, 0.3) is 5.91 Å². The Bertz CT molecular complexity index is 705. The second-order valence-corrected chi connectivity index (χ2v) is 6.84. The van der Waals surface area contributed by atoms with Gasteiger partial charge in [-0.1, -0.05) is 30.3 Å². The number of aromatic carboxylic acids is 1. The van der Waals surface area contributed by atoms with E-state index in [1.165, 1.54) is 6.07 Å². The first kappa shape index (κ1) is 16.7. The highest BCUT2D eigenvalue weighted by Crippen LogP contribution is 2.22. The second-order valence-electron chi connectivity index (χ2n) is 5.76. The monoisotopic (exact) mass is 345 g/mol. The number of carbonyl (C=O) groups is 2. The van der Waals surface area contributed by atoms with E-state index in [-0.39, 0.29) is 16.9 Å². The van der Waals surface area contributed by atoms with Crippen LogP contribution in [0.2, 0.25) is 0 Å². The van der Waals surface area contributed by atoms with Gasteiger partial charge in [-0.25, -0.2) is 4.79 Å². The molecule has 0 bridgehead atoms. The van der Waals surface area contributed by atoms with Crippen LogP contribution in [-0.4, -0.2) is 41.1 Å². The van der Waals surface area contributed by atoms with E-state index >= 15 is 0 Å². The smallest absolute Gasteiger partial charge is 0.345 e. The molecular formula is C18H19NO4S. The summed E-state index contributed by atoms with van der Waals surface area (Å²) in [6.07, 6.45) is 1.76. The van der Waals surface area contributed by atoms with E-state index in [0.717, 1.165) is 29.7 Å². The number of rotatable bonds is 5. The summed E-state index contributed by atoms with van der Waals surface area (Å²) in [5, 5.41) is 8.95. The minimum absolute atomic E-state index is 0.0889. The van der Waals surface area contributed by atoms with Crippen LogP contribution in [0.1, 0.15) is 37.7 Å². The van der Waals surface area contributed by atoms with E-state index in [4.69, 9.17) is 9.84 Å². The summed E-state index contributed by atoms with van der Waals surface area (Å²) in [6.45, 7) is 1.86. The topological polar surface area (TPSA) is 66.8 Å². The Kier molecular flexibility index (Phi) is 5.27. The normalized spacial score (nSPS) is 15.4. The summed E-state index contributed by atoms with van der Waals surface area (Å²) >= 11 is 1.03. The van der Waals surface area contributed by atoms with Gasteiger partial charge in [-0.15, -0.1) is 11.3 Å². The van der Waals surface area contributed by atoms with Crippen molar-refractivity contribution in [3.05, 3.63) is 57.8 Å². The lowest BCUT2D eigenvalue weighted by Crippen LogP contribution is -2.40. The number of amides is 1. The van der Waals surface area contributed by atoms with Crippen molar-refractivity contribution in [3.63, 3.8) is 0 Å². The van der Waals surface area contributed by atoms with Crippen LogP contribution in [0.5, 0.6) is 0 Å². The van der Waals surface area contributed by atoms with Crippen LogP contribution in [-0.2, 0) is 11.3 Å². The molecule has 5 nitrogen and oxygen atoms in total. The van der Waals surface area contributed by atoms with Gasteiger partial charge in [0, 0.05) is 13.1 Å². The first-order valence-electron chi connectivity index (χ1n) is 7.91. The molecule has 126 valence electrons. The Morgan fingerprint density at radius 3 is 2.38 bits per heavy atom. The fourth-order valence-electron chi connectivity index (χ4n) is 2.74. The van der Waals surface area contributed by atoms with Crippen molar-refractivity contribution in [2.75, 3.05) is 13.1 Å². The lowest BCUT2D eigenvalue weighted by Gasteiger charge is -2.31. The van der Waals surface area contributed by atoms with Gasteiger partial charge in [0.1, 0.15) is 4.88 Å². The zero-order chi connectivity index (χ0) is 16.9. The average molecular weight is 345 g/mol. The van der Waals surface area contributed by atoms with E-state index in [0.29, 0.717) is 24.6 Å². The molecule has 0 saturated carbocycles. The van der Waals surface area contributed by atoms with Crippen LogP contribution in [0.25, 0.3) is 0 Å². The van der Waals surface area contributed by atoms with Gasteiger partial charge >= 0.3 is 5.97 Å². The molecule has 3 rings (SSSR count).